The molecule has 0 spiro atoms. The molecule has 1 aromatic heterocycles. The van der Waals surface area contributed by atoms with Gasteiger partial charge in [-0.3, -0.25) is 19.0 Å². The number of thioether (sulfide) groups is 1. The lowest BCUT2D eigenvalue weighted by Crippen LogP contribution is -2.28. The number of carbonyl (C=O) groups excluding carboxylic acids is 2. The molecule has 0 aliphatic carbocycles. The van der Waals surface area contributed by atoms with Crippen LogP contribution in [0.2, 0.25) is 0 Å². The van der Waals surface area contributed by atoms with Crippen LogP contribution in [-0.2, 0) is 22.5 Å². The van der Waals surface area contributed by atoms with Crippen LogP contribution in [0.15, 0.2) is 58.5 Å². The van der Waals surface area contributed by atoms with Crippen LogP contribution in [0, 0.1) is 0 Å². The van der Waals surface area contributed by atoms with E-state index in [1.165, 1.54) is 11.7 Å². The summed E-state index contributed by atoms with van der Waals surface area (Å²) in [5.41, 5.74) is 1.94. The molecule has 0 N–H and O–H groups in total. The number of esters is 1. The summed E-state index contributed by atoms with van der Waals surface area (Å²) >= 11 is 1.16. The van der Waals surface area contributed by atoms with Crippen molar-refractivity contribution >= 4 is 34.4 Å². The summed E-state index contributed by atoms with van der Waals surface area (Å²) in [5.74, 6) is -0.621. The van der Waals surface area contributed by atoms with E-state index in [1.807, 2.05) is 24.3 Å². The normalized spacial score (nSPS) is 12.0. The Morgan fingerprint density at radius 3 is 2.48 bits per heavy atom. The Kier molecular flexibility index (Phi) is 6.49. The first-order valence-corrected chi connectivity index (χ1v) is 10.2. The van der Waals surface area contributed by atoms with Gasteiger partial charge < -0.3 is 4.74 Å². The minimum Gasteiger partial charge on any atom is -0.468 e. The highest BCUT2D eigenvalue weighted by molar-refractivity contribution is 8.00. The highest BCUT2D eigenvalue weighted by atomic mass is 32.2. The molecule has 0 aliphatic rings. The number of hydrogen-bond acceptors (Lipinski definition) is 6. The summed E-state index contributed by atoms with van der Waals surface area (Å²) in [7, 11) is 1.26. The first kappa shape index (κ1) is 20.8. The van der Waals surface area contributed by atoms with E-state index in [1.54, 1.807) is 31.2 Å². The van der Waals surface area contributed by atoms with Gasteiger partial charge in [0.1, 0.15) is 6.54 Å². The van der Waals surface area contributed by atoms with Gasteiger partial charge in [-0.15, -0.1) is 0 Å². The fraction of sp³-hybridized carbons (Fsp3) is 0.273. The number of hydrogen-bond donors (Lipinski definition) is 0. The Bertz CT molecular complexity index is 1110. The number of rotatable bonds is 7. The number of aryl methyl sites for hydroxylation is 1. The monoisotopic (exact) mass is 410 g/mol. The van der Waals surface area contributed by atoms with E-state index < -0.39 is 11.2 Å². The first-order valence-electron chi connectivity index (χ1n) is 9.30. The molecule has 6 nitrogen and oxygen atoms in total. The molecule has 0 saturated carbocycles. The molecule has 0 fully saturated rings. The van der Waals surface area contributed by atoms with Crippen molar-refractivity contribution in [3.8, 4) is 0 Å². The third-order valence-corrected chi connectivity index (χ3v) is 5.73. The molecular weight excluding hydrogens is 388 g/mol. The topological polar surface area (TPSA) is 78.3 Å². The summed E-state index contributed by atoms with van der Waals surface area (Å²) in [6.07, 6.45) is 0.902. The third-order valence-electron chi connectivity index (χ3n) is 4.64. The van der Waals surface area contributed by atoms with Crippen LogP contribution < -0.4 is 5.56 Å². The van der Waals surface area contributed by atoms with Crippen molar-refractivity contribution in [1.29, 1.82) is 0 Å². The average Bonchev–Trinajstić information content (AvgIpc) is 2.75. The zero-order chi connectivity index (χ0) is 21.0. The second-order valence-electron chi connectivity index (χ2n) is 6.55. The molecule has 0 amide bonds. The largest absolute Gasteiger partial charge is 0.468 e. The van der Waals surface area contributed by atoms with Gasteiger partial charge in [-0.1, -0.05) is 55.1 Å². The summed E-state index contributed by atoms with van der Waals surface area (Å²) < 4.78 is 5.98. The highest BCUT2D eigenvalue weighted by Gasteiger charge is 2.21. The van der Waals surface area contributed by atoms with Crippen LogP contribution in [0.25, 0.3) is 10.9 Å². The van der Waals surface area contributed by atoms with E-state index in [2.05, 4.69) is 11.9 Å². The number of carbonyl (C=O) groups is 2. The number of benzene rings is 2. The summed E-state index contributed by atoms with van der Waals surface area (Å²) in [6.45, 7) is 3.56. The van der Waals surface area contributed by atoms with Gasteiger partial charge in [-0.25, -0.2) is 4.98 Å². The number of ether oxygens (including phenoxy) is 1. The summed E-state index contributed by atoms with van der Waals surface area (Å²) in [4.78, 5) is 42.1. The maximum atomic E-state index is 12.9. The summed E-state index contributed by atoms with van der Waals surface area (Å²) in [5, 5.41) is 0.236. The molecule has 0 unspecified atom stereocenters. The van der Waals surface area contributed by atoms with Crippen LogP contribution in [0.4, 0.5) is 0 Å². The number of para-hydroxylation sites is 1. The van der Waals surface area contributed by atoms with Gasteiger partial charge in [0, 0.05) is 5.56 Å². The van der Waals surface area contributed by atoms with Crippen LogP contribution in [0.3, 0.4) is 0 Å². The molecule has 0 bridgehead atoms. The lowest BCUT2D eigenvalue weighted by molar-refractivity contribution is -0.141. The Morgan fingerprint density at radius 1 is 1.14 bits per heavy atom. The predicted octanol–water partition coefficient (Wildman–Crippen LogP) is 3.50. The van der Waals surface area contributed by atoms with Crippen molar-refractivity contribution in [2.24, 2.45) is 0 Å². The van der Waals surface area contributed by atoms with Crippen molar-refractivity contribution in [2.75, 3.05) is 7.11 Å². The SMILES string of the molecule is CCc1ccc(C(=O)[C@@H](C)Sc2nc3ccccc3c(=O)n2CC(=O)OC)cc1. The molecule has 0 aliphatic heterocycles. The van der Waals surface area contributed by atoms with Gasteiger partial charge in [0.05, 0.1) is 23.3 Å². The lowest BCUT2D eigenvalue weighted by atomic mass is 10.1. The van der Waals surface area contributed by atoms with Gasteiger partial charge in [0.25, 0.3) is 5.56 Å². The van der Waals surface area contributed by atoms with Crippen LogP contribution in [-0.4, -0.2) is 33.7 Å². The van der Waals surface area contributed by atoms with Crippen molar-refractivity contribution in [3.05, 3.63) is 70.0 Å². The molecule has 0 saturated heterocycles. The number of Topliss-reactive ketones (excluding diaryl/α,β-unsaturated/α-hetero) is 1. The van der Waals surface area contributed by atoms with E-state index in [-0.39, 0.29) is 17.9 Å². The van der Waals surface area contributed by atoms with E-state index in [0.29, 0.717) is 21.6 Å². The second-order valence-corrected chi connectivity index (χ2v) is 7.86. The molecule has 2 aromatic carbocycles. The fourth-order valence-corrected chi connectivity index (χ4v) is 3.91. The fourth-order valence-electron chi connectivity index (χ4n) is 2.92. The standard InChI is InChI=1S/C22H22N2O4S/c1-4-15-9-11-16(12-10-15)20(26)14(2)29-22-23-18-8-6-5-7-17(18)21(27)24(22)13-19(25)28-3/h5-12,14H,4,13H2,1-3H3/t14-/m1/s1. The van der Waals surface area contributed by atoms with Crippen LogP contribution in [0.5, 0.6) is 0 Å². The zero-order valence-electron chi connectivity index (χ0n) is 16.5. The van der Waals surface area contributed by atoms with Crippen molar-refractivity contribution < 1.29 is 14.3 Å². The van der Waals surface area contributed by atoms with Gasteiger partial charge >= 0.3 is 5.97 Å². The number of nitrogens with zero attached hydrogens (tertiary/aromatic N) is 2. The van der Waals surface area contributed by atoms with Gasteiger partial charge in [-0.2, -0.15) is 0 Å². The predicted molar refractivity (Wildman–Crippen MR) is 113 cm³/mol. The number of methoxy groups -OCH3 is 1. The zero-order valence-corrected chi connectivity index (χ0v) is 17.4. The van der Waals surface area contributed by atoms with E-state index in [4.69, 9.17) is 4.74 Å². The second kappa shape index (κ2) is 9.05. The molecule has 7 heteroatoms. The molecule has 1 heterocycles. The van der Waals surface area contributed by atoms with E-state index in [9.17, 15) is 14.4 Å². The Balaban J connectivity index is 1.96. The maximum absolute atomic E-state index is 12.9. The highest BCUT2D eigenvalue weighted by Crippen LogP contribution is 2.25. The van der Waals surface area contributed by atoms with Crippen LogP contribution in [0.1, 0.15) is 29.8 Å². The average molecular weight is 410 g/mol. The minimum atomic E-state index is -0.555. The van der Waals surface area contributed by atoms with Crippen molar-refractivity contribution in [3.63, 3.8) is 0 Å². The first-order chi connectivity index (χ1) is 13.9. The molecule has 3 rings (SSSR count). The third kappa shape index (κ3) is 4.56. The molecule has 150 valence electrons. The maximum Gasteiger partial charge on any atom is 0.325 e. The van der Waals surface area contributed by atoms with E-state index >= 15 is 0 Å². The Hall–Kier alpha value is -2.93. The quantitative estimate of drug-likeness (QED) is 0.257. The number of fused-ring (bicyclic) bond motifs is 1. The van der Waals surface area contributed by atoms with Gasteiger partial charge in [0.15, 0.2) is 10.9 Å². The van der Waals surface area contributed by atoms with Crippen molar-refractivity contribution in [1.82, 2.24) is 9.55 Å². The molecule has 3 aromatic rings. The Labute approximate surface area is 172 Å². The lowest BCUT2D eigenvalue weighted by Gasteiger charge is -2.15. The molecule has 29 heavy (non-hydrogen) atoms. The van der Waals surface area contributed by atoms with Gasteiger partial charge in [-0.05, 0) is 31.0 Å². The number of aromatic nitrogens is 2. The Morgan fingerprint density at radius 2 is 1.83 bits per heavy atom. The molecule has 1 atom stereocenters. The number of ketones is 1. The van der Waals surface area contributed by atoms with Crippen molar-refractivity contribution in [2.45, 2.75) is 37.2 Å². The van der Waals surface area contributed by atoms with Crippen LogP contribution >= 0.6 is 11.8 Å². The van der Waals surface area contributed by atoms with Gasteiger partial charge in [0.2, 0.25) is 0 Å². The summed E-state index contributed by atoms with van der Waals surface area (Å²) in [6, 6.07) is 14.4. The molecular formula is C22H22N2O4S. The van der Waals surface area contributed by atoms with E-state index in [0.717, 1.165) is 23.7 Å². The smallest absolute Gasteiger partial charge is 0.325 e. The molecule has 0 radical (unpaired) electrons. The minimum absolute atomic E-state index is 0.0651.